The molecule has 1 aromatic heterocycles. The Bertz CT molecular complexity index is 791. The standard InChI is InChI=1S/C19H19ClN2/c1-11(2)14-6-5-12(3)19-15(10-14)13(4)9-16(19)17-7-8-18(20)22-21-17/h5-11H,1-4H3. The monoisotopic (exact) mass is 310 g/mol. The van der Waals surface area contributed by atoms with Crippen molar-refractivity contribution in [3.8, 4) is 22.4 Å². The van der Waals surface area contributed by atoms with Crippen molar-refractivity contribution < 1.29 is 0 Å². The molecule has 2 aliphatic rings. The van der Waals surface area contributed by atoms with Gasteiger partial charge in [0, 0.05) is 5.56 Å². The fraction of sp³-hybridized carbons (Fsp3) is 0.263. The third-order valence-electron chi connectivity index (χ3n) is 4.13. The molecule has 0 aromatic carbocycles. The highest BCUT2D eigenvalue weighted by atomic mass is 35.5. The second-order valence-corrected chi connectivity index (χ2v) is 6.47. The number of hydrogen-bond acceptors (Lipinski definition) is 2. The Labute approximate surface area is 136 Å². The average Bonchev–Trinajstić information content (AvgIpc) is 2.69. The first-order valence-electron chi connectivity index (χ1n) is 7.51. The van der Waals surface area contributed by atoms with E-state index >= 15 is 0 Å². The van der Waals surface area contributed by atoms with E-state index in [9.17, 15) is 0 Å². The Morgan fingerprint density at radius 2 is 1.64 bits per heavy atom. The van der Waals surface area contributed by atoms with Crippen LogP contribution in [-0.2, 0) is 0 Å². The molecule has 1 heterocycles. The van der Waals surface area contributed by atoms with E-state index < -0.39 is 0 Å². The molecule has 0 bridgehead atoms. The summed E-state index contributed by atoms with van der Waals surface area (Å²) in [5.74, 6) is 0.503. The van der Waals surface area contributed by atoms with Gasteiger partial charge in [-0.2, -0.15) is 0 Å². The van der Waals surface area contributed by atoms with E-state index in [0.717, 1.165) is 11.3 Å². The minimum absolute atomic E-state index is 0.417. The first-order valence-corrected chi connectivity index (χ1v) is 7.88. The largest absolute Gasteiger partial charge is 0.151 e. The fourth-order valence-corrected chi connectivity index (χ4v) is 2.96. The van der Waals surface area contributed by atoms with Crippen molar-refractivity contribution in [3.63, 3.8) is 0 Å². The Hall–Kier alpha value is -1.93. The third kappa shape index (κ3) is 2.59. The summed E-state index contributed by atoms with van der Waals surface area (Å²) in [5, 5.41) is 8.64. The number of aromatic nitrogens is 2. The van der Waals surface area contributed by atoms with Gasteiger partial charge >= 0.3 is 0 Å². The molecule has 0 spiro atoms. The number of hydrogen-bond donors (Lipinski definition) is 0. The van der Waals surface area contributed by atoms with Gasteiger partial charge in [0.1, 0.15) is 0 Å². The van der Waals surface area contributed by atoms with Gasteiger partial charge < -0.3 is 0 Å². The van der Waals surface area contributed by atoms with Gasteiger partial charge in [0.25, 0.3) is 0 Å². The molecule has 3 heteroatoms. The summed E-state index contributed by atoms with van der Waals surface area (Å²) >= 11 is 5.86. The number of fused-ring (bicyclic) bond motifs is 1. The van der Waals surface area contributed by atoms with Crippen molar-refractivity contribution in [1.29, 1.82) is 0 Å². The van der Waals surface area contributed by atoms with Crippen LogP contribution >= 0.6 is 11.6 Å². The molecule has 0 saturated heterocycles. The van der Waals surface area contributed by atoms with E-state index in [2.05, 4.69) is 62.2 Å². The molecule has 2 nitrogen and oxygen atoms in total. The number of aryl methyl sites for hydroxylation is 2. The number of rotatable bonds is 2. The van der Waals surface area contributed by atoms with Crippen LogP contribution < -0.4 is 0 Å². The molecule has 0 saturated carbocycles. The Morgan fingerprint density at radius 1 is 0.864 bits per heavy atom. The predicted octanol–water partition coefficient (Wildman–Crippen LogP) is 5.64. The van der Waals surface area contributed by atoms with Crippen molar-refractivity contribution in [2.45, 2.75) is 33.6 Å². The Kier molecular flexibility index (Phi) is 3.88. The van der Waals surface area contributed by atoms with Gasteiger partial charge in [0.15, 0.2) is 5.15 Å². The van der Waals surface area contributed by atoms with Gasteiger partial charge in [0.2, 0.25) is 0 Å². The van der Waals surface area contributed by atoms with E-state index in [1.807, 2.05) is 6.07 Å². The molecule has 112 valence electrons. The molecule has 0 fully saturated rings. The lowest BCUT2D eigenvalue weighted by Gasteiger charge is -2.05. The zero-order chi connectivity index (χ0) is 15.9. The molecule has 0 atom stereocenters. The number of nitrogens with zero attached hydrogens (tertiary/aromatic N) is 2. The van der Waals surface area contributed by atoms with Crippen molar-refractivity contribution in [1.82, 2.24) is 10.2 Å². The smallest absolute Gasteiger partial charge is 0.149 e. The zero-order valence-electron chi connectivity index (χ0n) is 13.3. The van der Waals surface area contributed by atoms with E-state index in [0.29, 0.717) is 11.1 Å². The molecule has 0 unspecified atom stereocenters. The summed E-state index contributed by atoms with van der Waals surface area (Å²) in [6.07, 6.45) is 0. The SMILES string of the molecule is Cc1cc(-c2ccc(Cl)nn2)c2c(C)ccc(C(C)C)cc1-2. The molecule has 0 radical (unpaired) electrons. The summed E-state index contributed by atoms with van der Waals surface area (Å²) in [4.78, 5) is 0. The molecular weight excluding hydrogens is 292 g/mol. The maximum Gasteiger partial charge on any atom is 0.151 e. The van der Waals surface area contributed by atoms with Gasteiger partial charge in [-0.25, -0.2) is 0 Å². The van der Waals surface area contributed by atoms with Gasteiger partial charge in [-0.3, -0.25) is 0 Å². The van der Waals surface area contributed by atoms with Gasteiger partial charge in [-0.15, -0.1) is 10.2 Å². The van der Waals surface area contributed by atoms with Crippen LogP contribution in [0, 0.1) is 13.8 Å². The van der Waals surface area contributed by atoms with Gasteiger partial charge in [0.05, 0.1) is 5.69 Å². The van der Waals surface area contributed by atoms with E-state index in [1.165, 1.54) is 27.8 Å². The highest BCUT2D eigenvalue weighted by molar-refractivity contribution is 6.29. The summed E-state index contributed by atoms with van der Waals surface area (Å²) < 4.78 is 0. The lowest BCUT2D eigenvalue weighted by Crippen LogP contribution is -1.88. The first-order chi connectivity index (χ1) is 10.5. The van der Waals surface area contributed by atoms with Crippen LogP contribution in [0.5, 0.6) is 0 Å². The average molecular weight is 311 g/mol. The molecule has 0 N–H and O–H groups in total. The van der Waals surface area contributed by atoms with Gasteiger partial charge in [-0.05, 0) is 65.8 Å². The molecular formula is C19H19ClN2. The molecule has 0 aliphatic heterocycles. The van der Waals surface area contributed by atoms with Crippen molar-refractivity contribution >= 4 is 11.6 Å². The topological polar surface area (TPSA) is 25.8 Å². The molecule has 0 amide bonds. The second-order valence-electron chi connectivity index (χ2n) is 6.09. The van der Waals surface area contributed by atoms with Crippen molar-refractivity contribution in [3.05, 3.63) is 58.2 Å². The first kappa shape index (κ1) is 15.0. The predicted molar refractivity (Wildman–Crippen MR) is 92.7 cm³/mol. The maximum atomic E-state index is 5.86. The molecule has 3 rings (SSSR count). The molecule has 22 heavy (non-hydrogen) atoms. The van der Waals surface area contributed by atoms with E-state index in [-0.39, 0.29) is 0 Å². The van der Waals surface area contributed by atoms with Gasteiger partial charge in [-0.1, -0.05) is 43.6 Å². The van der Waals surface area contributed by atoms with Crippen LogP contribution in [0.1, 0.15) is 36.5 Å². The van der Waals surface area contributed by atoms with Crippen molar-refractivity contribution in [2.75, 3.05) is 0 Å². The minimum Gasteiger partial charge on any atom is -0.149 e. The summed E-state index contributed by atoms with van der Waals surface area (Å²) in [6.45, 7) is 8.75. The molecule has 1 aromatic rings. The molecule has 2 aliphatic carbocycles. The quantitative estimate of drug-likeness (QED) is 0.612. The highest BCUT2D eigenvalue weighted by Gasteiger charge is 2.18. The van der Waals surface area contributed by atoms with Crippen LogP contribution in [0.3, 0.4) is 0 Å². The Balaban J connectivity index is 2.26. The summed E-state index contributed by atoms with van der Waals surface area (Å²) in [7, 11) is 0. The van der Waals surface area contributed by atoms with Crippen LogP contribution in [0.2, 0.25) is 5.15 Å². The van der Waals surface area contributed by atoms with Crippen LogP contribution in [-0.4, -0.2) is 10.2 Å². The summed E-state index contributed by atoms with van der Waals surface area (Å²) in [5.41, 5.74) is 8.40. The van der Waals surface area contributed by atoms with E-state index in [1.54, 1.807) is 6.07 Å². The van der Waals surface area contributed by atoms with Crippen LogP contribution in [0.15, 0.2) is 36.4 Å². The van der Waals surface area contributed by atoms with Crippen LogP contribution in [0.25, 0.3) is 22.4 Å². The highest BCUT2D eigenvalue weighted by Crippen LogP contribution is 2.40. The second kappa shape index (κ2) is 5.69. The normalized spacial score (nSPS) is 11.4. The lowest BCUT2D eigenvalue weighted by atomic mass is 10.00. The van der Waals surface area contributed by atoms with Crippen molar-refractivity contribution in [2.24, 2.45) is 0 Å². The summed E-state index contributed by atoms with van der Waals surface area (Å²) in [6, 6.07) is 12.6. The van der Waals surface area contributed by atoms with E-state index in [4.69, 9.17) is 11.6 Å². The Morgan fingerprint density at radius 3 is 2.27 bits per heavy atom. The lowest BCUT2D eigenvalue weighted by molar-refractivity contribution is 0.868. The number of halogens is 1. The fourth-order valence-electron chi connectivity index (χ4n) is 2.86. The third-order valence-corrected chi connectivity index (χ3v) is 4.33. The van der Waals surface area contributed by atoms with Crippen LogP contribution in [0.4, 0.5) is 0 Å². The minimum atomic E-state index is 0.417. The zero-order valence-corrected chi connectivity index (χ0v) is 14.1. The maximum absolute atomic E-state index is 5.86.